The molecule has 2 N–H and O–H groups in total. The van der Waals surface area contributed by atoms with Crippen LogP contribution in [0.4, 0.5) is 9.18 Å². The van der Waals surface area contributed by atoms with Crippen LogP contribution in [-0.4, -0.2) is 12.6 Å². The van der Waals surface area contributed by atoms with Gasteiger partial charge in [-0.2, -0.15) is 0 Å². The molecule has 23 heavy (non-hydrogen) atoms. The average molecular weight is 314 g/mol. The molecule has 2 aromatic rings. The molecule has 3 nitrogen and oxygen atoms in total. The zero-order valence-corrected chi connectivity index (χ0v) is 13.6. The van der Waals surface area contributed by atoms with Crippen molar-refractivity contribution in [1.29, 1.82) is 0 Å². The van der Waals surface area contributed by atoms with E-state index in [-0.39, 0.29) is 23.8 Å². The molecule has 0 aromatic heterocycles. The molecule has 0 heterocycles. The first kappa shape index (κ1) is 17.0. The van der Waals surface area contributed by atoms with Gasteiger partial charge in [0.05, 0.1) is 6.04 Å². The second-order valence-electron chi connectivity index (χ2n) is 5.91. The Balaban J connectivity index is 1.85. The highest BCUT2D eigenvalue weighted by molar-refractivity contribution is 5.74. The Morgan fingerprint density at radius 3 is 2.48 bits per heavy atom. The second-order valence-corrected chi connectivity index (χ2v) is 5.91. The van der Waals surface area contributed by atoms with Crippen LogP contribution in [0.3, 0.4) is 0 Å². The first-order valence-corrected chi connectivity index (χ1v) is 7.90. The summed E-state index contributed by atoms with van der Waals surface area (Å²) in [5.41, 5.74) is 1.96. The largest absolute Gasteiger partial charge is 0.338 e. The van der Waals surface area contributed by atoms with Crippen molar-refractivity contribution in [2.24, 2.45) is 5.92 Å². The predicted molar refractivity (Wildman–Crippen MR) is 90.7 cm³/mol. The van der Waals surface area contributed by atoms with E-state index in [1.165, 1.54) is 12.1 Å². The van der Waals surface area contributed by atoms with Crippen LogP contribution in [0.25, 0.3) is 0 Å². The molecular weight excluding hydrogens is 291 g/mol. The minimum absolute atomic E-state index is 0.0367. The summed E-state index contributed by atoms with van der Waals surface area (Å²) in [4.78, 5) is 12.1. The lowest BCUT2D eigenvalue weighted by molar-refractivity contribution is 0.233. The Labute approximate surface area is 136 Å². The van der Waals surface area contributed by atoms with Crippen LogP contribution in [-0.2, 0) is 6.42 Å². The van der Waals surface area contributed by atoms with Crippen molar-refractivity contribution in [2.45, 2.75) is 26.3 Å². The number of hydrogen-bond donors (Lipinski definition) is 2. The monoisotopic (exact) mass is 314 g/mol. The maximum Gasteiger partial charge on any atom is 0.315 e. The lowest BCUT2D eigenvalue weighted by atomic mass is 9.96. The number of halogens is 1. The lowest BCUT2D eigenvalue weighted by Gasteiger charge is -2.23. The molecule has 0 fully saturated rings. The molecule has 0 spiro atoms. The summed E-state index contributed by atoms with van der Waals surface area (Å²) in [5, 5.41) is 5.84. The fourth-order valence-corrected chi connectivity index (χ4v) is 2.50. The van der Waals surface area contributed by atoms with Crippen LogP contribution < -0.4 is 10.6 Å². The molecule has 2 rings (SSSR count). The zero-order chi connectivity index (χ0) is 16.7. The molecule has 0 radical (unpaired) electrons. The zero-order valence-electron chi connectivity index (χ0n) is 13.6. The van der Waals surface area contributed by atoms with E-state index in [9.17, 15) is 9.18 Å². The number of benzene rings is 2. The van der Waals surface area contributed by atoms with Crippen molar-refractivity contribution in [3.8, 4) is 0 Å². The van der Waals surface area contributed by atoms with Gasteiger partial charge in [-0.3, -0.25) is 0 Å². The van der Waals surface area contributed by atoms with Gasteiger partial charge in [0.15, 0.2) is 0 Å². The van der Waals surface area contributed by atoms with Crippen LogP contribution in [0.15, 0.2) is 54.6 Å². The van der Waals surface area contributed by atoms with E-state index in [4.69, 9.17) is 0 Å². The molecule has 0 saturated carbocycles. The van der Waals surface area contributed by atoms with E-state index in [1.807, 2.05) is 36.4 Å². The second kappa shape index (κ2) is 8.32. The van der Waals surface area contributed by atoms with Gasteiger partial charge in [-0.25, -0.2) is 9.18 Å². The third-order valence-corrected chi connectivity index (χ3v) is 3.70. The Bertz CT molecular complexity index is 628. The van der Waals surface area contributed by atoms with Gasteiger partial charge in [0.1, 0.15) is 5.82 Å². The number of hydrogen-bond acceptors (Lipinski definition) is 1. The highest BCUT2D eigenvalue weighted by atomic mass is 19.1. The number of carbonyl (C=O) groups excluding carboxylic acids is 1. The van der Waals surface area contributed by atoms with Crippen molar-refractivity contribution in [3.05, 3.63) is 71.5 Å². The van der Waals surface area contributed by atoms with Gasteiger partial charge in [0.2, 0.25) is 0 Å². The molecule has 4 heteroatoms. The molecule has 2 aromatic carbocycles. The van der Waals surface area contributed by atoms with Crippen LogP contribution in [0.2, 0.25) is 0 Å². The quantitative estimate of drug-likeness (QED) is 0.829. The maximum absolute atomic E-state index is 13.1. The summed E-state index contributed by atoms with van der Waals surface area (Å²) in [6.07, 6.45) is 0.600. The Hall–Kier alpha value is -2.36. The fourth-order valence-electron chi connectivity index (χ4n) is 2.50. The van der Waals surface area contributed by atoms with Crippen molar-refractivity contribution in [3.63, 3.8) is 0 Å². The molecule has 1 atom stereocenters. The summed E-state index contributed by atoms with van der Waals surface area (Å²) in [6, 6.07) is 16.1. The summed E-state index contributed by atoms with van der Waals surface area (Å²) in [7, 11) is 0. The van der Waals surface area contributed by atoms with Crippen LogP contribution in [0.1, 0.15) is 31.0 Å². The van der Waals surface area contributed by atoms with Gasteiger partial charge in [-0.1, -0.05) is 56.3 Å². The van der Waals surface area contributed by atoms with E-state index in [1.54, 1.807) is 6.07 Å². The molecule has 2 amide bonds. The normalized spacial score (nSPS) is 12.0. The minimum Gasteiger partial charge on any atom is -0.338 e. The van der Waals surface area contributed by atoms with Crippen molar-refractivity contribution in [2.75, 3.05) is 6.54 Å². The number of amides is 2. The average Bonchev–Trinajstić information content (AvgIpc) is 2.53. The Morgan fingerprint density at radius 1 is 1.09 bits per heavy atom. The number of carbonyl (C=O) groups is 1. The standard InChI is InChI=1S/C19H23FN2O/c1-14(2)18(16-8-4-3-5-9-16)22-19(23)21-12-11-15-7-6-10-17(20)13-15/h3-10,13-14,18H,11-12H2,1-2H3,(H2,21,22,23). The van der Waals surface area contributed by atoms with Crippen LogP contribution in [0.5, 0.6) is 0 Å². The van der Waals surface area contributed by atoms with Crippen molar-refractivity contribution >= 4 is 6.03 Å². The van der Waals surface area contributed by atoms with E-state index in [0.717, 1.165) is 11.1 Å². The smallest absolute Gasteiger partial charge is 0.315 e. The molecule has 0 aliphatic rings. The minimum atomic E-state index is -0.254. The number of rotatable bonds is 6. The SMILES string of the molecule is CC(C)C(NC(=O)NCCc1cccc(F)c1)c1ccccc1. The van der Waals surface area contributed by atoms with Crippen LogP contribution >= 0.6 is 0 Å². The van der Waals surface area contributed by atoms with Crippen molar-refractivity contribution < 1.29 is 9.18 Å². The third-order valence-electron chi connectivity index (χ3n) is 3.70. The molecule has 122 valence electrons. The number of nitrogens with one attached hydrogen (secondary N) is 2. The summed E-state index contributed by atoms with van der Waals surface area (Å²) in [6.45, 7) is 4.62. The maximum atomic E-state index is 13.1. The van der Waals surface area contributed by atoms with E-state index < -0.39 is 0 Å². The third kappa shape index (κ3) is 5.40. The van der Waals surface area contributed by atoms with Crippen LogP contribution in [0, 0.1) is 11.7 Å². The van der Waals surface area contributed by atoms with E-state index in [2.05, 4.69) is 24.5 Å². The lowest BCUT2D eigenvalue weighted by Crippen LogP contribution is -2.40. The molecule has 0 aliphatic heterocycles. The number of urea groups is 1. The molecule has 0 aliphatic carbocycles. The van der Waals surface area contributed by atoms with Gasteiger partial charge >= 0.3 is 6.03 Å². The summed E-state index contributed by atoms with van der Waals surface area (Å²) >= 11 is 0. The topological polar surface area (TPSA) is 41.1 Å². The highest BCUT2D eigenvalue weighted by Crippen LogP contribution is 2.20. The molecule has 0 saturated heterocycles. The Kier molecular flexibility index (Phi) is 6.15. The first-order valence-electron chi connectivity index (χ1n) is 7.90. The van der Waals surface area contributed by atoms with Gasteiger partial charge < -0.3 is 10.6 Å². The highest BCUT2D eigenvalue weighted by Gasteiger charge is 2.17. The van der Waals surface area contributed by atoms with E-state index >= 15 is 0 Å². The summed E-state index contributed by atoms with van der Waals surface area (Å²) < 4.78 is 13.1. The summed E-state index contributed by atoms with van der Waals surface area (Å²) in [5.74, 6) is 0.0299. The van der Waals surface area contributed by atoms with Gasteiger partial charge in [0.25, 0.3) is 0 Å². The van der Waals surface area contributed by atoms with Crippen molar-refractivity contribution in [1.82, 2.24) is 10.6 Å². The van der Waals surface area contributed by atoms with Gasteiger partial charge in [0, 0.05) is 6.54 Å². The fraction of sp³-hybridized carbons (Fsp3) is 0.316. The molecular formula is C19H23FN2O. The van der Waals surface area contributed by atoms with E-state index in [0.29, 0.717) is 13.0 Å². The Morgan fingerprint density at radius 2 is 1.83 bits per heavy atom. The predicted octanol–water partition coefficient (Wildman–Crippen LogP) is 4.06. The molecule has 1 unspecified atom stereocenters. The molecule has 0 bridgehead atoms. The van der Waals surface area contributed by atoms with Gasteiger partial charge in [-0.15, -0.1) is 0 Å². The first-order chi connectivity index (χ1) is 11.1. The van der Waals surface area contributed by atoms with Gasteiger partial charge in [-0.05, 0) is 35.6 Å².